The number of hydrogen-bond acceptors (Lipinski definition) is 3. The Morgan fingerprint density at radius 3 is 2.12 bits per heavy atom. The predicted octanol–water partition coefficient (Wildman–Crippen LogP) is 13.1. The second kappa shape index (κ2) is 11.4. The molecule has 2 aliphatic carbocycles. The molecule has 0 spiro atoms. The van der Waals surface area contributed by atoms with E-state index in [0.29, 0.717) is 17.7 Å². The number of anilines is 3. The van der Waals surface area contributed by atoms with Gasteiger partial charge in [0.05, 0.1) is 0 Å². The van der Waals surface area contributed by atoms with Crippen LogP contribution < -0.4 is 4.90 Å². The summed E-state index contributed by atoms with van der Waals surface area (Å²) in [5.74, 6) is 1.50. The number of hydrogen-bond donors (Lipinski definition) is 0. The summed E-state index contributed by atoms with van der Waals surface area (Å²) in [7, 11) is 0. The fraction of sp³-hybridized carbons (Fsp3) is 0.104. The van der Waals surface area contributed by atoms with Crippen LogP contribution in [0.3, 0.4) is 0 Å². The van der Waals surface area contributed by atoms with Crippen molar-refractivity contribution in [2.45, 2.75) is 25.2 Å². The lowest BCUT2D eigenvalue weighted by molar-refractivity contribution is 0.394. The van der Waals surface area contributed by atoms with Crippen molar-refractivity contribution in [2.75, 3.05) is 4.90 Å². The van der Waals surface area contributed by atoms with Crippen LogP contribution in [0.1, 0.15) is 30.9 Å². The van der Waals surface area contributed by atoms with Crippen LogP contribution >= 0.6 is 0 Å². The van der Waals surface area contributed by atoms with Crippen molar-refractivity contribution in [1.29, 1.82) is 0 Å². The normalized spacial score (nSPS) is 17.2. The van der Waals surface area contributed by atoms with Gasteiger partial charge in [-0.15, -0.1) is 0 Å². The molecule has 3 heteroatoms. The van der Waals surface area contributed by atoms with Gasteiger partial charge in [0.15, 0.2) is 5.58 Å². The summed E-state index contributed by atoms with van der Waals surface area (Å²) in [5, 5.41) is 4.50. The van der Waals surface area contributed by atoms with E-state index in [9.17, 15) is 0 Å². The summed E-state index contributed by atoms with van der Waals surface area (Å²) < 4.78 is 6.79. The molecule has 0 fully saturated rings. The van der Waals surface area contributed by atoms with E-state index in [1.54, 1.807) is 0 Å². The summed E-state index contributed by atoms with van der Waals surface area (Å²) in [6.07, 6.45) is 9.18. The van der Waals surface area contributed by atoms with Gasteiger partial charge in [-0.1, -0.05) is 135 Å². The molecule has 3 nitrogen and oxygen atoms in total. The number of allylic oxidation sites excluding steroid dienone is 4. The molecule has 0 bridgehead atoms. The van der Waals surface area contributed by atoms with E-state index < -0.39 is 0 Å². The van der Waals surface area contributed by atoms with Gasteiger partial charge in [0.2, 0.25) is 5.89 Å². The molecule has 0 aliphatic heterocycles. The van der Waals surface area contributed by atoms with Gasteiger partial charge in [-0.05, 0) is 98.3 Å². The standard InChI is InChI=1S/C48H36N2O/c1-48(2)42-20-12-11-18-38(42)39-27-26-36(30-43(39)48)50(34-15-7-4-8-16-34)35-25-23-32-21-22-33-24-28-44-46(45(33)41(32)29-35)51-47(49-44)40-19-10-9-17-37(40)31-13-5-3-6-14-31/h3-30,38,42H,1-2H3. The predicted molar refractivity (Wildman–Crippen MR) is 212 cm³/mol. The van der Waals surface area contributed by atoms with Crippen molar-refractivity contribution in [1.82, 2.24) is 4.98 Å². The summed E-state index contributed by atoms with van der Waals surface area (Å²) >= 11 is 0. The summed E-state index contributed by atoms with van der Waals surface area (Å²) in [6.45, 7) is 4.79. The molecule has 0 amide bonds. The number of rotatable bonds is 5. The molecule has 8 aromatic rings. The van der Waals surface area contributed by atoms with Crippen LogP contribution in [-0.2, 0) is 5.41 Å². The van der Waals surface area contributed by atoms with Gasteiger partial charge in [0.1, 0.15) is 5.52 Å². The molecule has 2 aliphatic rings. The third-order valence-electron chi connectivity index (χ3n) is 11.2. The van der Waals surface area contributed by atoms with Gasteiger partial charge >= 0.3 is 0 Å². The van der Waals surface area contributed by atoms with E-state index in [1.165, 1.54) is 11.1 Å². The fourth-order valence-electron chi connectivity index (χ4n) is 8.63. The van der Waals surface area contributed by atoms with Crippen LogP contribution in [0, 0.1) is 5.92 Å². The molecule has 244 valence electrons. The monoisotopic (exact) mass is 656 g/mol. The number of nitrogens with zero attached hydrogens (tertiary/aromatic N) is 2. The van der Waals surface area contributed by atoms with Crippen LogP contribution in [0.15, 0.2) is 174 Å². The average molecular weight is 657 g/mol. The Bertz CT molecular complexity index is 2680. The lowest BCUT2D eigenvalue weighted by Crippen LogP contribution is -2.24. The molecular weight excluding hydrogens is 621 g/mol. The van der Waals surface area contributed by atoms with Crippen LogP contribution in [0.2, 0.25) is 0 Å². The number of oxazole rings is 1. The maximum Gasteiger partial charge on any atom is 0.227 e. The number of aromatic nitrogens is 1. The van der Waals surface area contributed by atoms with Gasteiger partial charge in [-0.3, -0.25) is 0 Å². The molecule has 1 aromatic heterocycles. The highest BCUT2D eigenvalue weighted by atomic mass is 16.3. The van der Waals surface area contributed by atoms with E-state index in [4.69, 9.17) is 9.40 Å². The molecule has 10 rings (SSSR count). The molecule has 0 N–H and O–H groups in total. The average Bonchev–Trinajstić information content (AvgIpc) is 3.72. The van der Waals surface area contributed by atoms with Crippen molar-refractivity contribution in [3.63, 3.8) is 0 Å². The quantitative estimate of drug-likeness (QED) is 0.173. The van der Waals surface area contributed by atoms with Crippen molar-refractivity contribution in [3.8, 4) is 22.6 Å². The lowest BCUT2D eigenvalue weighted by Gasteiger charge is -2.30. The minimum atomic E-state index is 0.0218. The molecule has 1 heterocycles. The third-order valence-corrected chi connectivity index (χ3v) is 11.2. The van der Waals surface area contributed by atoms with Crippen molar-refractivity contribution >= 4 is 49.7 Å². The van der Waals surface area contributed by atoms with Crippen molar-refractivity contribution in [3.05, 3.63) is 181 Å². The third kappa shape index (κ3) is 4.69. The first-order valence-electron chi connectivity index (χ1n) is 17.8. The van der Waals surface area contributed by atoms with Gasteiger partial charge in [0, 0.05) is 33.9 Å². The Balaban J connectivity index is 1.16. The Morgan fingerprint density at radius 1 is 0.608 bits per heavy atom. The van der Waals surface area contributed by atoms with Gasteiger partial charge in [0.25, 0.3) is 0 Å². The van der Waals surface area contributed by atoms with E-state index in [2.05, 4.69) is 183 Å². The lowest BCUT2D eigenvalue weighted by atomic mass is 9.74. The molecule has 51 heavy (non-hydrogen) atoms. The molecular formula is C48H36N2O. The van der Waals surface area contributed by atoms with Crippen molar-refractivity contribution < 1.29 is 4.42 Å². The summed E-state index contributed by atoms with van der Waals surface area (Å²) in [6, 6.07) is 52.1. The number of fused-ring (bicyclic) bond motifs is 8. The zero-order valence-electron chi connectivity index (χ0n) is 28.6. The van der Waals surface area contributed by atoms with Gasteiger partial charge < -0.3 is 9.32 Å². The summed E-state index contributed by atoms with van der Waals surface area (Å²) in [5.41, 5.74) is 11.1. The Kier molecular flexibility index (Phi) is 6.66. The zero-order chi connectivity index (χ0) is 34.1. The van der Waals surface area contributed by atoms with Crippen LogP contribution in [0.25, 0.3) is 55.2 Å². The fourth-order valence-corrected chi connectivity index (χ4v) is 8.63. The summed E-state index contributed by atoms with van der Waals surface area (Å²) in [4.78, 5) is 7.46. The zero-order valence-corrected chi connectivity index (χ0v) is 28.6. The first-order valence-corrected chi connectivity index (χ1v) is 17.8. The maximum atomic E-state index is 6.79. The molecule has 7 aromatic carbocycles. The van der Waals surface area contributed by atoms with Crippen molar-refractivity contribution in [2.24, 2.45) is 5.92 Å². The number of benzene rings is 7. The van der Waals surface area contributed by atoms with E-state index in [1.807, 2.05) is 6.07 Å². The highest BCUT2D eigenvalue weighted by Crippen LogP contribution is 2.54. The largest absolute Gasteiger partial charge is 0.435 e. The minimum Gasteiger partial charge on any atom is -0.435 e. The molecule has 2 atom stereocenters. The molecule has 2 unspecified atom stereocenters. The molecule has 0 saturated heterocycles. The number of para-hydroxylation sites is 1. The van der Waals surface area contributed by atoms with Gasteiger partial charge in [-0.25, -0.2) is 4.98 Å². The SMILES string of the molecule is CC1(C)c2cc(N(c3ccccc3)c3ccc4ccc5ccc6nc(-c7ccccc7-c7ccccc7)oc6c5c4c3)ccc2C2C=CC=CC21. The topological polar surface area (TPSA) is 29.3 Å². The van der Waals surface area contributed by atoms with Crippen LogP contribution in [0.4, 0.5) is 17.1 Å². The van der Waals surface area contributed by atoms with E-state index >= 15 is 0 Å². The Labute approximate surface area is 297 Å². The van der Waals surface area contributed by atoms with Crippen LogP contribution in [0.5, 0.6) is 0 Å². The molecule has 0 saturated carbocycles. The highest BCUT2D eigenvalue weighted by molar-refractivity contribution is 6.18. The smallest absolute Gasteiger partial charge is 0.227 e. The highest BCUT2D eigenvalue weighted by Gasteiger charge is 2.44. The first-order chi connectivity index (χ1) is 25.0. The molecule has 0 radical (unpaired) electrons. The van der Waals surface area contributed by atoms with Crippen LogP contribution in [-0.4, -0.2) is 4.98 Å². The van der Waals surface area contributed by atoms with Gasteiger partial charge in [-0.2, -0.15) is 0 Å². The first kappa shape index (κ1) is 29.7. The minimum absolute atomic E-state index is 0.0218. The Hall–Kier alpha value is -6.19. The maximum absolute atomic E-state index is 6.79. The van der Waals surface area contributed by atoms with E-state index in [0.717, 1.165) is 66.4 Å². The van der Waals surface area contributed by atoms with E-state index in [-0.39, 0.29) is 5.41 Å². The Morgan fingerprint density at radius 2 is 1.27 bits per heavy atom. The second-order valence-electron chi connectivity index (χ2n) is 14.4. The second-order valence-corrected chi connectivity index (χ2v) is 14.4.